The van der Waals surface area contributed by atoms with Gasteiger partial charge in [-0.1, -0.05) is 159 Å². The number of amidine groups is 1. The molecular formula is C56H39N3O. The van der Waals surface area contributed by atoms with Crippen LogP contribution in [0.4, 0.5) is 0 Å². The maximum atomic E-state index is 7.04. The highest BCUT2D eigenvalue weighted by Crippen LogP contribution is 2.44. The standard InChI is InChI=1S/C56H39N3O/c1-2-44-53(37-17-7-4-8-18-37)57-56(38-27-25-36(26-28-38)35-15-5-3-6-16-35)58-54(44)43-31-48-47-30-40-20-10-12-22-42(40)34-52(47)60-55(48)51(33-43)59-49-24-14-13-23-45(49)46-29-39-19-9-11-21-41(39)32-50(46)59/h3-34,44,54H,2H2,1H3. The fourth-order valence-electron chi connectivity index (χ4n) is 9.61. The van der Waals surface area contributed by atoms with E-state index in [1.54, 1.807) is 0 Å². The Morgan fingerprint density at radius 3 is 1.78 bits per heavy atom. The predicted octanol–water partition coefficient (Wildman–Crippen LogP) is 14.7. The smallest absolute Gasteiger partial charge is 0.159 e. The summed E-state index contributed by atoms with van der Waals surface area (Å²) in [6.45, 7) is 2.27. The largest absolute Gasteiger partial charge is 0.454 e. The van der Waals surface area contributed by atoms with Gasteiger partial charge in [0.1, 0.15) is 5.58 Å². The maximum Gasteiger partial charge on any atom is 0.159 e. The van der Waals surface area contributed by atoms with Crippen LogP contribution in [0.15, 0.2) is 209 Å². The third-order valence-corrected chi connectivity index (χ3v) is 12.5. The van der Waals surface area contributed by atoms with E-state index >= 15 is 0 Å². The number of fused-ring (bicyclic) bond motifs is 8. The van der Waals surface area contributed by atoms with Crippen molar-refractivity contribution in [2.75, 3.05) is 0 Å². The molecule has 4 nitrogen and oxygen atoms in total. The van der Waals surface area contributed by atoms with E-state index in [2.05, 4.69) is 206 Å². The van der Waals surface area contributed by atoms with Crippen LogP contribution in [-0.4, -0.2) is 16.1 Å². The van der Waals surface area contributed by atoms with Crippen LogP contribution in [0.3, 0.4) is 0 Å². The highest BCUT2D eigenvalue weighted by molar-refractivity contribution is 6.18. The average molecular weight is 770 g/mol. The molecule has 0 radical (unpaired) electrons. The monoisotopic (exact) mass is 769 g/mol. The molecule has 1 aliphatic heterocycles. The molecule has 2 aromatic heterocycles. The van der Waals surface area contributed by atoms with Gasteiger partial charge < -0.3 is 8.98 Å². The number of hydrogen-bond donors (Lipinski definition) is 0. The molecule has 0 fully saturated rings. The van der Waals surface area contributed by atoms with Crippen LogP contribution >= 0.6 is 0 Å². The van der Waals surface area contributed by atoms with E-state index in [0.717, 1.165) is 78.7 Å². The zero-order valence-corrected chi connectivity index (χ0v) is 33.1. The molecule has 0 aliphatic carbocycles. The van der Waals surface area contributed by atoms with Crippen molar-refractivity contribution in [1.29, 1.82) is 0 Å². The first-order chi connectivity index (χ1) is 29.7. The Morgan fingerprint density at radius 1 is 0.483 bits per heavy atom. The number of aromatic nitrogens is 1. The topological polar surface area (TPSA) is 42.8 Å². The maximum absolute atomic E-state index is 7.04. The summed E-state index contributed by atoms with van der Waals surface area (Å²) in [6.07, 6.45) is 0.869. The molecule has 60 heavy (non-hydrogen) atoms. The van der Waals surface area contributed by atoms with Crippen LogP contribution in [-0.2, 0) is 0 Å². The predicted molar refractivity (Wildman–Crippen MR) is 251 cm³/mol. The molecule has 284 valence electrons. The molecule has 12 rings (SSSR count). The van der Waals surface area contributed by atoms with Crippen LogP contribution in [0.25, 0.3) is 82.1 Å². The number of furan rings is 1. The third kappa shape index (κ3) is 5.52. The van der Waals surface area contributed by atoms with Crippen LogP contribution < -0.4 is 0 Å². The molecule has 0 bridgehead atoms. The molecule has 4 heteroatoms. The van der Waals surface area contributed by atoms with Crippen molar-refractivity contribution in [2.45, 2.75) is 19.4 Å². The SMILES string of the molecule is CCC1C(c2ccccc2)=NC(c2ccc(-c3ccccc3)cc2)=NC1c1cc(-n2c3ccccc3c3cc4ccccc4cc32)c2oc3cc4ccccc4cc3c2c1. The van der Waals surface area contributed by atoms with Crippen molar-refractivity contribution in [3.63, 3.8) is 0 Å². The van der Waals surface area contributed by atoms with Crippen molar-refractivity contribution in [3.05, 3.63) is 211 Å². The van der Waals surface area contributed by atoms with Gasteiger partial charge in [-0.2, -0.15) is 0 Å². The second-order valence-corrected chi connectivity index (χ2v) is 16.0. The number of para-hydroxylation sites is 1. The molecule has 1 aliphatic rings. The minimum atomic E-state index is -0.214. The van der Waals surface area contributed by atoms with Crippen molar-refractivity contribution < 1.29 is 4.42 Å². The summed E-state index contributed by atoms with van der Waals surface area (Å²) in [5.74, 6) is 0.780. The Bertz CT molecular complexity index is 3520. The summed E-state index contributed by atoms with van der Waals surface area (Å²) in [5, 5.41) is 9.37. The summed E-state index contributed by atoms with van der Waals surface area (Å²) < 4.78 is 9.47. The van der Waals surface area contributed by atoms with E-state index < -0.39 is 0 Å². The van der Waals surface area contributed by atoms with E-state index in [9.17, 15) is 0 Å². The van der Waals surface area contributed by atoms with Gasteiger partial charge >= 0.3 is 0 Å². The Morgan fingerprint density at radius 2 is 1.07 bits per heavy atom. The number of aliphatic imine (C=N–C) groups is 2. The number of nitrogens with zero attached hydrogens (tertiary/aromatic N) is 3. The molecule has 2 atom stereocenters. The normalized spacial score (nSPS) is 15.7. The lowest BCUT2D eigenvalue weighted by molar-refractivity contribution is 0.532. The summed E-state index contributed by atoms with van der Waals surface area (Å²) in [5.41, 5.74) is 11.7. The lowest BCUT2D eigenvalue weighted by Crippen LogP contribution is -2.28. The highest BCUT2D eigenvalue weighted by Gasteiger charge is 2.33. The van der Waals surface area contributed by atoms with Gasteiger partial charge in [0.15, 0.2) is 11.4 Å². The van der Waals surface area contributed by atoms with E-state index in [-0.39, 0.29) is 12.0 Å². The van der Waals surface area contributed by atoms with E-state index in [1.165, 1.54) is 38.1 Å². The van der Waals surface area contributed by atoms with Gasteiger partial charge in [-0.05, 0) is 92.7 Å². The molecule has 0 amide bonds. The van der Waals surface area contributed by atoms with Crippen molar-refractivity contribution in [2.24, 2.45) is 15.9 Å². The van der Waals surface area contributed by atoms with Crippen LogP contribution in [0.1, 0.15) is 36.1 Å². The van der Waals surface area contributed by atoms with Gasteiger partial charge in [0.25, 0.3) is 0 Å². The summed E-state index contributed by atoms with van der Waals surface area (Å²) in [6, 6.07) is 69.5. The van der Waals surface area contributed by atoms with Crippen LogP contribution in [0.2, 0.25) is 0 Å². The Hall–Kier alpha value is -7.56. The molecule has 0 saturated carbocycles. The molecule has 3 heterocycles. The van der Waals surface area contributed by atoms with Gasteiger partial charge in [-0.15, -0.1) is 0 Å². The molecule has 9 aromatic carbocycles. The van der Waals surface area contributed by atoms with Gasteiger partial charge in [0, 0.05) is 33.0 Å². The molecular weight excluding hydrogens is 731 g/mol. The first-order valence-electron chi connectivity index (χ1n) is 20.9. The fourth-order valence-corrected chi connectivity index (χ4v) is 9.61. The van der Waals surface area contributed by atoms with Gasteiger partial charge in [-0.25, -0.2) is 4.99 Å². The first-order valence-corrected chi connectivity index (χ1v) is 20.9. The minimum absolute atomic E-state index is 0.0335. The fraction of sp³-hybridized carbons (Fsp3) is 0.0714. The first kappa shape index (κ1) is 34.5. The van der Waals surface area contributed by atoms with Gasteiger partial charge in [-0.3, -0.25) is 4.99 Å². The zero-order chi connectivity index (χ0) is 39.7. The number of benzene rings is 9. The second-order valence-electron chi connectivity index (χ2n) is 16.0. The second kappa shape index (κ2) is 13.8. The lowest BCUT2D eigenvalue weighted by Gasteiger charge is -2.30. The quantitative estimate of drug-likeness (QED) is 0.166. The lowest BCUT2D eigenvalue weighted by atomic mass is 9.82. The molecule has 0 saturated heterocycles. The van der Waals surface area contributed by atoms with Gasteiger partial charge in [0.05, 0.1) is 28.5 Å². The average Bonchev–Trinajstić information content (AvgIpc) is 3.84. The highest BCUT2D eigenvalue weighted by atomic mass is 16.3. The van der Waals surface area contributed by atoms with Crippen LogP contribution in [0.5, 0.6) is 0 Å². The van der Waals surface area contributed by atoms with Crippen LogP contribution in [0, 0.1) is 5.92 Å². The summed E-state index contributed by atoms with van der Waals surface area (Å²) >= 11 is 0. The van der Waals surface area contributed by atoms with E-state index in [4.69, 9.17) is 14.4 Å². The van der Waals surface area contributed by atoms with Gasteiger partial charge in [0.2, 0.25) is 0 Å². The zero-order valence-electron chi connectivity index (χ0n) is 33.1. The third-order valence-electron chi connectivity index (χ3n) is 12.5. The number of rotatable bonds is 6. The molecule has 2 unspecified atom stereocenters. The Labute approximate surface area is 347 Å². The molecule has 0 N–H and O–H groups in total. The summed E-state index contributed by atoms with van der Waals surface area (Å²) in [4.78, 5) is 11.1. The molecule has 11 aromatic rings. The molecule has 0 spiro atoms. The minimum Gasteiger partial charge on any atom is -0.454 e. The Kier molecular flexibility index (Phi) is 7.92. The van der Waals surface area contributed by atoms with E-state index in [1.807, 2.05) is 0 Å². The van der Waals surface area contributed by atoms with Crippen molar-refractivity contribution in [1.82, 2.24) is 4.57 Å². The van der Waals surface area contributed by atoms with E-state index in [0.29, 0.717) is 0 Å². The van der Waals surface area contributed by atoms with Crippen molar-refractivity contribution >= 4 is 76.8 Å². The number of hydrogen-bond acceptors (Lipinski definition) is 3. The van der Waals surface area contributed by atoms with Crippen molar-refractivity contribution in [3.8, 4) is 16.8 Å². The summed E-state index contributed by atoms with van der Waals surface area (Å²) in [7, 11) is 0. The Balaban J connectivity index is 1.14.